The van der Waals surface area contributed by atoms with Crippen molar-refractivity contribution in [2.45, 2.75) is 63.5 Å². The molecule has 1 fully saturated rings. The van der Waals surface area contributed by atoms with Gasteiger partial charge in [-0.05, 0) is 19.3 Å². The number of allylic oxidation sites excluding steroid dienone is 3. The summed E-state index contributed by atoms with van der Waals surface area (Å²) in [6.07, 6.45) is -3.76. The lowest BCUT2D eigenvalue weighted by molar-refractivity contribution is -0.314. The highest BCUT2D eigenvalue weighted by Crippen LogP contribution is 2.26. The van der Waals surface area contributed by atoms with Crippen molar-refractivity contribution in [3.05, 3.63) is 23.8 Å². The van der Waals surface area contributed by atoms with Gasteiger partial charge in [-0.3, -0.25) is 4.79 Å². The van der Waals surface area contributed by atoms with E-state index in [4.69, 9.17) is 19.7 Å². The molecule has 1 heterocycles. The summed E-state index contributed by atoms with van der Waals surface area (Å²) < 4.78 is 10.8. The molecule has 0 amide bonds. The maximum Gasteiger partial charge on any atom is 0.331 e. The van der Waals surface area contributed by atoms with E-state index in [-0.39, 0.29) is 11.5 Å². The van der Waals surface area contributed by atoms with E-state index in [1.807, 2.05) is 0 Å². The first kappa shape index (κ1) is 24.2. The summed E-state index contributed by atoms with van der Waals surface area (Å²) in [7, 11) is 0. The predicted molar refractivity (Wildman–Crippen MR) is 95.2 cm³/mol. The lowest BCUT2D eigenvalue weighted by Gasteiger charge is -2.41. The topological polar surface area (TPSA) is 174 Å². The van der Waals surface area contributed by atoms with E-state index in [0.29, 0.717) is 6.42 Å². The van der Waals surface area contributed by atoms with Crippen molar-refractivity contribution in [1.29, 1.82) is 0 Å². The monoisotopic (exact) mass is 404 g/mol. The molecular weight excluding hydrogens is 376 g/mol. The number of carboxylic acid groups (broad SMARTS) is 2. The SMILES string of the molecule is C/C(=C\C=C\CC(C)C(CC(=O)O)O[C@@H]1O[C@H](CO)[C@@H](O)[C@H](O)[C@H]1O)C(=O)O. The van der Waals surface area contributed by atoms with Crippen LogP contribution in [0.2, 0.25) is 0 Å². The second-order valence-corrected chi connectivity index (χ2v) is 6.77. The van der Waals surface area contributed by atoms with Crippen LogP contribution in [0.25, 0.3) is 0 Å². The van der Waals surface area contributed by atoms with Gasteiger partial charge in [0.25, 0.3) is 0 Å². The number of aliphatic hydroxyl groups excluding tert-OH is 4. The minimum absolute atomic E-state index is 0.142. The van der Waals surface area contributed by atoms with E-state index >= 15 is 0 Å². The first-order valence-electron chi connectivity index (χ1n) is 8.83. The Morgan fingerprint density at radius 3 is 2.32 bits per heavy atom. The minimum atomic E-state index is -1.63. The Morgan fingerprint density at radius 2 is 1.79 bits per heavy atom. The number of carboxylic acids is 2. The van der Waals surface area contributed by atoms with Gasteiger partial charge in [-0.25, -0.2) is 4.79 Å². The minimum Gasteiger partial charge on any atom is -0.481 e. The van der Waals surface area contributed by atoms with E-state index in [9.17, 15) is 30.0 Å². The molecule has 2 unspecified atom stereocenters. The fourth-order valence-corrected chi connectivity index (χ4v) is 2.64. The van der Waals surface area contributed by atoms with E-state index < -0.39 is 61.8 Å². The third kappa shape index (κ3) is 6.97. The van der Waals surface area contributed by atoms with Gasteiger partial charge in [0.05, 0.1) is 19.1 Å². The largest absolute Gasteiger partial charge is 0.481 e. The Labute approximate surface area is 162 Å². The van der Waals surface area contributed by atoms with Crippen molar-refractivity contribution in [3.63, 3.8) is 0 Å². The van der Waals surface area contributed by atoms with E-state index in [2.05, 4.69) is 0 Å². The van der Waals surface area contributed by atoms with Crippen LogP contribution < -0.4 is 0 Å². The normalized spacial score (nSPS) is 30.9. The van der Waals surface area contributed by atoms with Gasteiger partial charge in [-0.1, -0.05) is 25.2 Å². The first-order valence-corrected chi connectivity index (χ1v) is 8.83. The lowest BCUT2D eigenvalue weighted by atomic mass is 9.96. The molecule has 0 aromatic rings. The van der Waals surface area contributed by atoms with Crippen LogP contribution in [0.1, 0.15) is 26.7 Å². The van der Waals surface area contributed by atoms with E-state index in [1.165, 1.54) is 19.1 Å². The molecule has 0 aromatic carbocycles. The second kappa shape index (κ2) is 11.2. The van der Waals surface area contributed by atoms with Crippen LogP contribution >= 0.6 is 0 Å². The Hall–Kier alpha value is -1.82. The smallest absolute Gasteiger partial charge is 0.331 e. The summed E-state index contributed by atoms with van der Waals surface area (Å²) >= 11 is 0. The fourth-order valence-electron chi connectivity index (χ4n) is 2.64. The number of carbonyl (C=O) groups is 2. The molecule has 10 nitrogen and oxygen atoms in total. The Morgan fingerprint density at radius 1 is 1.14 bits per heavy atom. The molecule has 160 valence electrons. The first-order chi connectivity index (χ1) is 13.1. The van der Waals surface area contributed by atoms with Crippen molar-refractivity contribution in [3.8, 4) is 0 Å². The molecule has 0 bridgehead atoms. The Kier molecular flexibility index (Phi) is 9.73. The molecule has 28 heavy (non-hydrogen) atoms. The molecule has 0 radical (unpaired) electrons. The molecule has 0 saturated carbocycles. The summed E-state index contributed by atoms with van der Waals surface area (Å²) in [4.78, 5) is 21.9. The van der Waals surface area contributed by atoms with Crippen LogP contribution in [-0.4, -0.2) is 86.0 Å². The quantitative estimate of drug-likeness (QED) is 0.201. The van der Waals surface area contributed by atoms with Crippen molar-refractivity contribution in [2.75, 3.05) is 6.61 Å². The van der Waals surface area contributed by atoms with Gasteiger partial charge >= 0.3 is 11.9 Å². The van der Waals surface area contributed by atoms with Crippen LogP contribution in [0.4, 0.5) is 0 Å². The van der Waals surface area contributed by atoms with E-state index in [0.717, 1.165) is 0 Å². The average Bonchev–Trinajstić information content (AvgIpc) is 2.63. The van der Waals surface area contributed by atoms with Crippen molar-refractivity contribution < 1.29 is 49.7 Å². The maximum absolute atomic E-state index is 11.2. The zero-order valence-electron chi connectivity index (χ0n) is 15.7. The van der Waals surface area contributed by atoms with Gasteiger partial charge in [0.2, 0.25) is 0 Å². The van der Waals surface area contributed by atoms with Gasteiger partial charge in [0, 0.05) is 5.57 Å². The van der Waals surface area contributed by atoms with Gasteiger partial charge in [0.1, 0.15) is 24.4 Å². The van der Waals surface area contributed by atoms with Crippen molar-refractivity contribution in [1.82, 2.24) is 0 Å². The van der Waals surface area contributed by atoms with E-state index in [1.54, 1.807) is 13.0 Å². The van der Waals surface area contributed by atoms with Crippen LogP contribution in [0.3, 0.4) is 0 Å². The molecule has 1 rings (SSSR count). The predicted octanol–water partition coefficient (Wildman–Crippen LogP) is -0.740. The number of aliphatic carboxylic acids is 2. The highest BCUT2D eigenvalue weighted by atomic mass is 16.7. The van der Waals surface area contributed by atoms with Gasteiger partial charge in [-0.2, -0.15) is 0 Å². The van der Waals surface area contributed by atoms with Crippen molar-refractivity contribution >= 4 is 11.9 Å². The van der Waals surface area contributed by atoms with Crippen LogP contribution in [-0.2, 0) is 19.1 Å². The molecule has 10 heteroatoms. The fraction of sp³-hybridized carbons (Fsp3) is 0.667. The number of ether oxygens (including phenoxy) is 2. The Balaban J connectivity index is 2.81. The summed E-state index contributed by atoms with van der Waals surface area (Å²) in [6, 6.07) is 0. The number of hydrogen-bond acceptors (Lipinski definition) is 8. The molecule has 7 atom stereocenters. The lowest BCUT2D eigenvalue weighted by Crippen LogP contribution is -2.60. The number of hydrogen-bond donors (Lipinski definition) is 6. The highest BCUT2D eigenvalue weighted by Gasteiger charge is 2.45. The summed E-state index contributed by atoms with van der Waals surface area (Å²) in [5, 5.41) is 56.8. The van der Waals surface area contributed by atoms with Crippen LogP contribution in [0.5, 0.6) is 0 Å². The molecular formula is C18H28O10. The summed E-state index contributed by atoms with van der Waals surface area (Å²) in [5.74, 6) is -2.56. The molecule has 1 aliphatic rings. The Bertz CT molecular complexity index is 585. The molecule has 1 aliphatic heterocycles. The highest BCUT2D eigenvalue weighted by molar-refractivity contribution is 5.86. The maximum atomic E-state index is 11.2. The zero-order chi connectivity index (χ0) is 21.4. The van der Waals surface area contributed by atoms with Crippen molar-refractivity contribution in [2.24, 2.45) is 5.92 Å². The molecule has 6 N–H and O–H groups in total. The molecule has 1 saturated heterocycles. The average molecular weight is 404 g/mol. The van der Waals surface area contributed by atoms with Crippen LogP contribution in [0, 0.1) is 5.92 Å². The van der Waals surface area contributed by atoms with Gasteiger partial charge < -0.3 is 40.1 Å². The number of aliphatic hydroxyl groups is 4. The van der Waals surface area contributed by atoms with Gasteiger partial charge in [0.15, 0.2) is 6.29 Å². The molecule has 0 spiro atoms. The summed E-state index contributed by atoms with van der Waals surface area (Å²) in [6.45, 7) is 2.52. The molecule has 0 aliphatic carbocycles. The van der Waals surface area contributed by atoms with Crippen LogP contribution in [0.15, 0.2) is 23.8 Å². The number of rotatable bonds is 10. The van der Waals surface area contributed by atoms with Gasteiger partial charge in [-0.15, -0.1) is 0 Å². The standard InChI is InChI=1S/C18H28O10/c1-9(5-3-4-6-10(2)17(25)26)11(7-13(20)21)27-18-16(24)15(23)14(22)12(8-19)28-18/h3-4,6,9,11-12,14-16,18-19,22-24H,5,7-8H2,1-2H3,(H,20,21)(H,25,26)/b4-3+,10-6+/t9?,11?,12-,14-,15+,16-,18-/m1/s1. The second-order valence-electron chi connectivity index (χ2n) is 6.77. The third-order valence-electron chi connectivity index (χ3n) is 4.50. The zero-order valence-corrected chi connectivity index (χ0v) is 15.7. The molecule has 0 aromatic heterocycles. The third-order valence-corrected chi connectivity index (χ3v) is 4.50. The summed E-state index contributed by atoms with van der Waals surface area (Å²) in [5.41, 5.74) is 0.142.